The maximum atomic E-state index is 3.74. The summed E-state index contributed by atoms with van der Waals surface area (Å²) in [5.74, 6) is 0.823. The zero-order valence-corrected chi connectivity index (χ0v) is 11.0. The average Bonchev–Trinajstić information content (AvgIpc) is 2.28. The average molecular weight is 220 g/mol. The van der Waals surface area contributed by atoms with Crippen molar-refractivity contribution in [1.29, 1.82) is 0 Å². The molecule has 0 rings (SSSR count). The molecule has 0 fully saturated rings. The van der Waals surface area contributed by atoms with Gasteiger partial charge in [0, 0.05) is 0 Å². The highest BCUT2D eigenvalue weighted by Crippen LogP contribution is 2.15. The van der Waals surface area contributed by atoms with Crippen LogP contribution in [-0.2, 0) is 0 Å². The third-order valence-corrected chi connectivity index (χ3v) is 2.92. The van der Waals surface area contributed by atoms with E-state index in [0.717, 1.165) is 5.92 Å². The molecule has 0 amide bonds. The van der Waals surface area contributed by atoms with Crippen LogP contribution in [0.3, 0.4) is 0 Å². The van der Waals surface area contributed by atoms with Crippen molar-refractivity contribution in [2.45, 2.75) is 58.3 Å². The van der Waals surface area contributed by atoms with Crippen molar-refractivity contribution in [2.24, 2.45) is 5.92 Å². The first-order chi connectivity index (χ1) is 7.81. The summed E-state index contributed by atoms with van der Waals surface area (Å²) in [6.45, 7) is 9.75. The van der Waals surface area contributed by atoms with Crippen LogP contribution < -0.4 is 0 Å². The molecule has 0 aromatic rings. The molecule has 0 aliphatic heterocycles. The van der Waals surface area contributed by atoms with Crippen LogP contribution in [0.1, 0.15) is 58.3 Å². The summed E-state index contributed by atoms with van der Waals surface area (Å²) < 4.78 is 0. The van der Waals surface area contributed by atoms with Crippen molar-refractivity contribution in [3.63, 3.8) is 0 Å². The second-order valence-corrected chi connectivity index (χ2v) is 4.64. The first kappa shape index (κ1) is 15.2. The van der Waals surface area contributed by atoms with Gasteiger partial charge in [-0.05, 0) is 25.2 Å². The monoisotopic (exact) mass is 220 g/mol. The van der Waals surface area contributed by atoms with E-state index in [4.69, 9.17) is 0 Å². The summed E-state index contributed by atoms with van der Waals surface area (Å²) >= 11 is 0. The molecule has 0 radical (unpaired) electrons. The van der Waals surface area contributed by atoms with Gasteiger partial charge in [0.15, 0.2) is 0 Å². The Labute approximate surface area is 102 Å². The molecule has 0 aromatic heterocycles. The first-order valence-electron chi connectivity index (χ1n) is 6.69. The predicted molar refractivity (Wildman–Crippen MR) is 75.6 cm³/mol. The number of unbranched alkanes of at least 4 members (excludes halogenated alkanes) is 5. The van der Waals surface area contributed by atoms with Crippen molar-refractivity contribution in [1.82, 2.24) is 0 Å². The van der Waals surface area contributed by atoms with Gasteiger partial charge >= 0.3 is 0 Å². The largest absolute Gasteiger partial charge is 0.103 e. The van der Waals surface area contributed by atoms with Crippen molar-refractivity contribution < 1.29 is 0 Å². The molecular weight excluding hydrogens is 192 g/mol. The molecule has 0 heterocycles. The fraction of sp³-hybridized carbons (Fsp3) is 0.625. The standard InChI is InChI=1S/C16H28/c1-4-6-8-9-10-11-13-15-16(3)14-12-7-5-2/h4-5,7,12,16H,1-2,6,8-11,13-15H2,3H3. The van der Waals surface area contributed by atoms with E-state index in [-0.39, 0.29) is 0 Å². The molecule has 92 valence electrons. The molecule has 0 nitrogen and oxygen atoms in total. The van der Waals surface area contributed by atoms with Gasteiger partial charge in [0.05, 0.1) is 0 Å². The van der Waals surface area contributed by atoms with Gasteiger partial charge in [0.25, 0.3) is 0 Å². The van der Waals surface area contributed by atoms with Crippen LogP contribution in [0, 0.1) is 5.92 Å². The summed E-state index contributed by atoms with van der Waals surface area (Å²) in [5, 5.41) is 0. The van der Waals surface area contributed by atoms with E-state index < -0.39 is 0 Å². The minimum absolute atomic E-state index is 0.823. The van der Waals surface area contributed by atoms with E-state index in [9.17, 15) is 0 Å². The van der Waals surface area contributed by atoms with Gasteiger partial charge in [-0.15, -0.1) is 6.58 Å². The zero-order chi connectivity index (χ0) is 12.1. The fourth-order valence-electron chi connectivity index (χ4n) is 1.84. The van der Waals surface area contributed by atoms with Gasteiger partial charge in [-0.25, -0.2) is 0 Å². The van der Waals surface area contributed by atoms with E-state index in [2.05, 4.69) is 26.2 Å². The molecular formula is C16H28. The Hall–Kier alpha value is -0.780. The summed E-state index contributed by atoms with van der Waals surface area (Å²) in [6, 6.07) is 0. The summed E-state index contributed by atoms with van der Waals surface area (Å²) in [5.41, 5.74) is 0. The Morgan fingerprint density at radius 1 is 1.00 bits per heavy atom. The third kappa shape index (κ3) is 11.3. The Morgan fingerprint density at radius 2 is 1.69 bits per heavy atom. The normalized spacial score (nSPS) is 12.8. The van der Waals surface area contributed by atoms with E-state index in [1.165, 1.54) is 51.4 Å². The van der Waals surface area contributed by atoms with E-state index in [1.54, 1.807) is 0 Å². The molecule has 1 unspecified atom stereocenters. The molecule has 0 N–H and O–H groups in total. The molecule has 0 aromatic carbocycles. The Morgan fingerprint density at radius 3 is 2.38 bits per heavy atom. The van der Waals surface area contributed by atoms with Crippen LogP contribution in [0.15, 0.2) is 37.5 Å². The van der Waals surface area contributed by atoms with Crippen LogP contribution in [0.4, 0.5) is 0 Å². The molecule has 0 saturated heterocycles. The lowest BCUT2D eigenvalue weighted by molar-refractivity contribution is 0.488. The molecule has 16 heavy (non-hydrogen) atoms. The zero-order valence-electron chi connectivity index (χ0n) is 11.0. The highest BCUT2D eigenvalue weighted by atomic mass is 14.0. The van der Waals surface area contributed by atoms with Gasteiger partial charge in [-0.1, -0.05) is 69.9 Å². The fourth-order valence-corrected chi connectivity index (χ4v) is 1.84. The second-order valence-electron chi connectivity index (χ2n) is 4.64. The molecule has 0 spiro atoms. The predicted octanol–water partition coefficient (Wildman–Crippen LogP) is 5.67. The third-order valence-electron chi connectivity index (χ3n) is 2.92. The van der Waals surface area contributed by atoms with Gasteiger partial charge in [0.2, 0.25) is 0 Å². The first-order valence-corrected chi connectivity index (χ1v) is 6.69. The van der Waals surface area contributed by atoms with E-state index >= 15 is 0 Å². The van der Waals surface area contributed by atoms with Gasteiger partial charge in [-0.2, -0.15) is 0 Å². The quantitative estimate of drug-likeness (QED) is 0.239. The maximum Gasteiger partial charge on any atom is -0.0322 e. The van der Waals surface area contributed by atoms with Crippen LogP contribution in [0.5, 0.6) is 0 Å². The lowest BCUT2D eigenvalue weighted by atomic mass is 9.99. The van der Waals surface area contributed by atoms with Crippen LogP contribution in [0.2, 0.25) is 0 Å². The molecule has 0 aliphatic carbocycles. The molecule has 0 saturated carbocycles. The van der Waals surface area contributed by atoms with Crippen molar-refractivity contribution in [3.05, 3.63) is 37.5 Å². The Kier molecular flexibility index (Phi) is 11.7. The molecule has 1 atom stereocenters. The Balaban J connectivity index is 3.20. The summed E-state index contributed by atoms with van der Waals surface area (Å²) in [7, 11) is 0. The molecule has 0 heteroatoms. The smallest absolute Gasteiger partial charge is 0.0322 e. The summed E-state index contributed by atoms with van der Waals surface area (Å²) in [6.07, 6.45) is 18.8. The lowest BCUT2D eigenvalue weighted by Crippen LogP contribution is -1.92. The minimum atomic E-state index is 0.823. The van der Waals surface area contributed by atoms with Crippen molar-refractivity contribution in [3.8, 4) is 0 Å². The van der Waals surface area contributed by atoms with Crippen molar-refractivity contribution >= 4 is 0 Å². The molecule has 0 bridgehead atoms. The Bertz CT molecular complexity index is 188. The number of hydrogen-bond acceptors (Lipinski definition) is 0. The lowest BCUT2D eigenvalue weighted by Gasteiger charge is -2.07. The van der Waals surface area contributed by atoms with Crippen LogP contribution >= 0.6 is 0 Å². The van der Waals surface area contributed by atoms with Gasteiger partial charge < -0.3 is 0 Å². The minimum Gasteiger partial charge on any atom is -0.103 e. The van der Waals surface area contributed by atoms with Gasteiger partial charge in [0.1, 0.15) is 0 Å². The number of hydrogen-bond donors (Lipinski definition) is 0. The highest BCUT2D eigenvalue weighted by Gasteiger charge is 1.98. The number of allylic oxidation sites excluding steroid dienone is 4. The van der Waals surface area contributed by atoms with Gasteiger partial charge in [-0.3, -0.25) is 0 Å². The van der Waals surface area contributed by atoms with Crippen molar-refractivity contribution in [2.75, 3.05) is 0 Å². The van der Waals surface area contributed by atoms with E-state index in [0.29, 0.717) is 0 Å². The summed E-state index contributed by atoms with van der Waals surface area (Å²) in [4.78, 5) is 0. The number of rotatable bonds is 11. The van der Waals surface area contributed by atoms with Crippen LogP contribution in [0.25, 0.3) is 0 Å². The maximum absolute atomic E-state index is 3.74. The topological polar surface area (TPSA) is 0 Å². The molecule has 0 aliphatic rings. The highest BCUT2D eigenvalue weighted by molar-refractivity contribution is 4.97. The van der Waals surface area contributed by atoms with Crippen LogP contribution in [-0.4, -0.2) is 0 Å². The van der Waals surface area contributed by atoms with E-state index in [1.807, 2.05) is 18.2 Å². The second kappa shape index (κ2) is 12.3. The SMILES string of the molecule is C=CC=CCC(C)CCCCCCCC=C.